The highest BCUT2D eigenvalue weighted by Crippen LogP contribution is 2.06. The van der Waals surface area contributed by atoms with E-state index in [4.69, 9.17) is 5.73 Å². The maximum atomic E-state index is 12.6. The fourth-order valence-corrected chi connectivity index (χ4v) is 1.45. The van der Waals surface area contributed by atoms with E-state index < -0.39 is 0 Å². The zero-order valence-corrected chi connectivity index (χ0v) is 9.41. The summed E-state index contributed by atoms with van der Waals surface area (Å²) in [6.45, 7) is 0.988. The zero-order valence-electron chi connectivity index (χ0n) is 9.41. The molecule has 1 rings (SSSR count). The summed E-state index contributed by atoms with van der Waals surface area (Å²) in [5.74, 6) is -0.194. The number of nitrogens with two attached hydrogens (primary N) is 1. The molecule has 0 aliphatic carbocycles. The summed E-state index contributed by atoms with van der Waals surface area (Å²) in [6, 6.07) is 6.70. The van der Waals surface area contributed by atoms with Gasteiger partial charge in [-0.3, -0.25) is 0 Å². The summed E-state index contributed by atoms with van der Waals surface area (Å²) in [4.78, 5) is 2.12. The van der Waals surface area contributed by atoms with E-state index in [-0.39, 0.29) is 11.9 Å². The van der Waals surface area contributed by atoms with Gasteiger partial charge in [0.1, 0.15) is 5.82 Å². The number of hydrogen-bond acceptors (Lipinski definition) is 2. The average molecular weight is 210 g/mol. The molecule has 0 radical (unpaired) electrons. The van der Waals surface area contributed by atoms with Crippen molar-refractivity contribution in [2.75, 3.05) is 20.6 Å². The second kappa shape index (κ2) is 5.83. The van der Waals surface area contributed by atoms with Crippen LogP contribution in [0.1, 0.15) is 12.0 Å². The van der Waals surface area contributed by atoms with Crippen molar-refractivity contribution in [3.05, 3.63) is 35.6 Å². The van der Waals surface area contributed by atoms with Gasteiger partial charge in [0.2, 0.25) is 0 Å². The highest BCUT2D eigenvalue weighted by atomic mass is 19.1. The Labute approximate surface area is 90.9 Å². The van der Waals surface area contributed by atoms with Crippen LogP contribution in [0.2, 0.25) is 0 Å². The van der Waals surface area contributed by atoms with E-state index in [0.29, 0.717) is 0 Å². The zero-order chi connectivity index (χ0) is 11.3. The van der Waals surface area contributed by atoms with Gasteiger partial charge >= 0.3 is 0 Å². The van der Waals surface area contributed by atoms with Crippen molar-refractivity contribution in [1.29, 1.82) is 0 Å². The number of halogens is 1. The van der Waals surface area contributed by atoms with Crippen LogP contribution in [0.3, 0.4) is 0 Å². The van der Waals surface area contributed by atoms with Gasteiger partial charge in [-0.15, -0.1) is 0 Å². The van der Waals surface area contributed by atoms with Crippen molar-refractivity contribution in [1.82, 2.24) is 4.90 Å². The highest BCUT2D eigenvalue weighted by Gasteiger charge is 2.04. The Morgan fingerprint density at radius 2 is 1.87 bits per heavy atom. The van der Waals surface area contributed by atoms with Crippen molar-refractivity contribution in [3.8, 4) is 0 Å². The van der Waals surface area contributed by atoms with Gasteiger partial charge in [0.05, 0.1) is 0 Å². The van der Waals surface area contributed by atoms with Gasteiger partial charge in [0, 0.05) is 6.04 Å². The molecule has 2 nitrogen and oxygen atoms in total. The summed E-state index contributed by atoms with van der Waals surface area (Å²) in [6.07, 6.45) is 1.78. The van der Waals surface area contributed by atoms with Crippen LogP contribution in [0.15, 0.2) is 24.3 Å². The number of rotatable bonds is 5. The molecule has 0 saturated heterocycles. The summed E-state index contributed by atoms with van der Waals surface area (Å²) < 4.78 is 12.6. The SMILES string of the molecule is CN(C)CCC(N)Cc1ccc(F)cc1. The molecule has 0 aliphatic rings. The Balaban J connectivity index is 2.37. The van der Waals surface area contributed by atoms with Crippen LogP contribution in [0.5, 0.6) is 0 Å². The number of hydrogen-bond donors (Lipinski definition) is 1. The molecule has 0 aromatic heterocycles. The van der Waals surface area contributed by atoms with Crippen LogP contribution in [0, 0.1) is 5.82 Å². The molecule has 0 aliphatic heterocycles. The molecule has 84 valence electrons. The van der Waals surface area contributed by atoms with Crippen molar-refractivity contribution in [3.63, 3.8) is 0 Å². The Morgan fingerprint density at radius 3 is 2.40 bits per heavy atom. The fourth-order valence-electron chi connectivity index (χ4n) is 1.45. The van der Waals surface area contributed by atoms with Gasteiger partial charge in [0.25, 0.3) is 0 Å². The lowest BCUT2D eigenvalue weighted by molar-refractivity contribution is 0.379. The topological polar surface area (TPSA) is 29.3 Å². The molecule has 1 aromatic carbocycles. The molecule has 0 fully saturated rings. The summed E-state index contributed by atoms with van der Waals surface area (Å²) in [5, 5.41) is 0. The van der Waals surface area contributed by atoms with Crippen LogP contribution in [0.25, 0.3) is 0 Å². The van der Waals surface area contributed by atoms with Gasteiger partial charge in [-0.2, -0.15) is 0 Å². The molecule has 3 heteroatoms. The molecule has 1 atom stereocenters. The fraction of sp³-hybridized carbons (Fsp3) is 0.500. The third-order valence-corrected chi connectivity index (χ3v) is 2.36. The molecule has 15 heavy (non-hydrogen) atoms. The van der Waals surface area contributed by atoms with E-state index in [1.54, 1.807) is 12.1 Å². The predicted octanol–water partition coefficient (Wildman–Crippen LogP) is 1.65. The normalized spacial score (nSPS) is 13.1. The smallest absolute Gasteiger partial charge is 0.123 e. The second-order valence-corrected chi connectivity index (χ2v) is 4.18. The van der Waals surface area contributed by atoms with Crippen LogP contribution < -0.4 is 5.73 Å². The molecule has 0 spiro atoms. The maximum Gasteiger partial charge on any atom is 0.123 e. The first kappa shape index (κ1) is 12.1. The molecule has 0 amide bonds. The third-order valence-electron chi connectivity index (χ3n) is 2.36. The molecule has 0 heterocycles. The third kappa shape index (κ3) is 4.91. The molecule has 0 saturated carbocycles. The predicted molar refractivity (Wildman–Crippen MR) is 61.3 cm³/mol. The summed E-state index contributed by atoms with van der Waals surface area (Å²) >= 11 is 0. The molecule has 1 unspecified atom stereocenters. The van der Waals surface area contributed by atoms with Gasteiger partial charge in [-0.25, -0.2) is 4.39 Å². The second-order valence-electron chi connectivity index (χ2n) is 4.18. The monoisotopic (exact) mass is 210 g/mol. The Hall–Kier alpha value is -0.930. The van der Waals surface area contributed by atoms with Crippen molar-refractivity contribution >= 4 is 0 Å². The quantitative estimate of drug-likeness (QED) is 0.800. The van der Waals surface area contributed by atoms with Crippen molar-refractivity contribution in [2.45, 2.75) is 18.9 Å². The Morgan fingerprint density at radius 1 is 1.27 bits per heavy atom. The first-order valence-corrected chi connectivity index (χ1v) is 5.22. The molecular weight excluding hydrogens is 191 g/mol. The molecule has 1 aromatic rings. The van der Waals surface area contributed by atoms with E-state index in [0.717, 1.165) is 24.9 Å². The van der Waals surface area contributed by atoms with E-state index in [9.17, 15) is 4.39 Å². The lowest BCUT2D eigenvalue weighted by atomic mass is 10.0. The first-order chi connectivity index (χ1) is 7.08. The Bertz CT molecular complexity index is 282. The van der Waals surface area contributed by atoms with Crippen LogP contribution >= 0.6 is 0 Å². The number of nitrogens with zero attached hydrogens (tertiary/aromatic N) is 1. The van der Waals surface area contributed by atoms with Gasteiger partial charge in [0.15, 0.2) is 0 Å². The minimum absolute atomic E-state index is 0.151. The maximum absolute atomic E-state index is 12.6. The lowest BCUT2D eigenvalue weighted by Gasteiger charge is -2.15. The van der Waals surface area contributed by atoms with Gasteiger partial charge in [-0.05, 0) is 51.2 Å². The standard InChI is InChI=1S/C12H19FN2/c1-15(2)8-7-12(14)9-10-3-5-11(13)6-4-10/h3-6,12H,7-9,14H2,1-2H3. The minimum atomic E-state index is -0.194. The van der Waals surface area contributed by atoms with Gasteiger partial charge < -0.3 is 10.6 Å². The largest absolute Gasteiger partial charge is 0.327 e. The minimum Gasteiger partial charge on any atom is -0.327 e. The first-order valence-electron chi connectivity index (χ1n) is 5.22. The average Bonchev–Trinajstić information content (AvgIpc) is 2.19. The van der Waals surface area contributed by atoms with Crippen LogP contribution in [0.4, 0.5) is 4.39 Å². The molecular formula is C12H19FN2. The van der Waals surface area contributed by atoms with Crippen LogP contribution in [-0.4, -0.2) is 31.6 Å². The van der Waals surface area contributed by atoms with E-state index in [1.807, 2.05) is 14.1 Å². The number of benzene rings is 1. The molecule has 2 N–H and O–H groups in total. The van der Waals surface area contributed by atoms with Crippen molar-refractivity contribution in [2.24, 2.45) is 5.73 Å². The van der Waals surface area contributed by atoms with E-state index >= 15 is 0 Å². The van der Waals surface area contributed by atoms with Crippen LogP contribution in [-0.2, 0) is 6.42 Å². The summed E-state index contributed by atoms with van der Waals surface area (Å²) in [5.41, 5.74) is 7.07. The summed E-state index contributed by atoms with van der Waals surface area (Å²) in [7, 11) is 4.06. The molecule has 0 bridgehead atoms. The van der Waals surface area contributed by atoms with Gasteiger partial charge in [-0.1, -0.05) is 12.1 Å². The van der Waals surface area contributed by atoms with E-state index in [1.165, 1.54) is 12.1 Å². The lowest BCUT2D eigenvalue weighted by Crippen LogP contribution is -2.28. The van der Waals surface area contributed by atoms with E-state index in [2.05, 4.69) is 4.90 Å². The Kier molecular flexibility index (Phi) is 4.72. The van der Waals surface area contributed by atoms with Crippen molar-refractivity contribution < 1.29 is 4.39 Å². The highest BCUT2D eigenvalue weighted by molar-refractivity contribution is 5.17.